The van der Waals surface area contributed by atoms with Crippen LogP contribution in [0.5, 0.6) is 0 Å². The van der Waals surface area contributed by atoms with Gasteiger partial charge in [0.2, 0.25) is 0 Å². The van der Waals surface area contributed by atoms with Crippen LogP contribution in [0.1, 0.15) is 66.2 Å². The van der Waals surface area contributed by atoms with Gasteiger partial charge in [-0.2, -0.15) is 11.1 Å². The number of hydrogen-bond acceptors (Lipinski definition) is 0. The quantitative estimate of drug-likeness (QED) is 0.461. The van der Waals surface area contributed by atoms with Crippen molar-refractivity contribution in [1.29, 1.82) is 0 Å². The molecule has 0 heterocycles. The first-order valence-corrected chi connectivity index (χ1v) is 13.3. The summed E-state index contributed by atoms with van der Waals surface area (Å²) in [4.78, 5) is 0. The number of allylic oxidation sites excluding steroid dienone is 8. The predicted molar refractivity (Wildman–Crippen MR) is 97.6 cm³/mol. The summed E-state index contributed by atoms with van der Waals surface area (Å²) in [6.45, 7) is 13.3. The molecule has 136 valence electrons. The Balaban J connectivity index is -0.000000283. The van der Waals surface area contributed by atoms with Gasteiger partial charge in [0.15, 0.2) is 0 Å². The third-order valence-electron chi connectivity index (χ3n) is 3.07. The molecule has 4 heteroatoms. The molecule has 0 aromatic carbocycles. The summed E-state index contributed by atoms with van der Waals surface area (Å²) < 4.78 is 0. The monoisotopic (exact) mass is 418 g/mol. The van der Waals surface area contributed by atoms with Gasteiger partial charge in [0.1, 0.15) is 0 Å². The van der Waals surface area contributed by atoms with Crippen molar-refractivity contribution in [3.63, 3.8) is 0 Å². The van der Waals surface area contributed by atoms with Crippen LogP contribution in [-0.2, 0) is 19.2 Å². The first kappa shape index (κ1) is 29.2. The topological polar surface area (TPSA) is 0 Å². The minimum absolute atomic E-state index is 0. The second-order valence-corrected chi connectivity index (χ2v) is 12.9. The van der Waals surface area contributed by atoms with E-state index in [9.17, 15) is 0 Å². The molecule has 0 unspecified atom stereocenters. The predicted octanol–water partition coefficient (Wildman–Crippen LogP) is 0.524. The van der Waals surface area contributed by atoms with E-state index in [0.717, 1.165) is 12.8 Å². The average molecular weight is 419 g/mol. The molecule has 0 atom stereocenters. The molecule has 2 aliphatic carbocycles. The van der Waals surface area contributed by atoms with E-state index >= 15 is 0 Å². The summed E-state index contributed by atoms with van der Waals surface area (Å²) in [6.07, 6.45) is 18.3. The fourth-order valence-electron chi connectivity index (χ4n) is 2.16. The second kappa shape index (κ2) is 18.3. The summed E-state index contributed by atoms with van der Waals surface area (Å²) in [5, 5.41) is 0. The molecule has 0 radical (unpaired) electrons. The fourth-order valence-corrected chi connectivity index (χ4v) is 2.16. The van der Waals surface area contributed by atoms with E-state index in [4.69, 9.17) is 0 Å². The van der Waals surface area contributed by atoms with Crippen molar-refractivity contribution >= 4 is 6.19 Å². The summed E-state index contributed by atoms with van der Waals surface area (Å²) in [5.41, 5.74) is 5.74. The second-order valence-electron chi connectivity index (χ2n) is 6.24. The summed E-state index contributed by atoms with van der Waals surface area (Å²) in [5.74, 6) is 0. The van der Waals surface area contributed by atoms with E-state index in [1.165, 1.54) is 48.0 Å². The van der Waals surface area contributed by atoms with E-state index in [1.807, 2.05) is 0 Å². The van der Waals surface area contributed by atoms with Crippen LogP contribution in [-0.4, -0.2) is 6.19 Å². The largest absolute Gasteiger partial charge is 1.00 e. The van der Waals surface area contributed by atoms with Crippen molar-refractivity contribution in [2.24, 2.45) is 0 Å². The van der Waals surface area contributed by atoms with Crippen LogP contribution in [0, 0.1) is 12.2 Å². The van der Waals surface area contributed by atoms with Gasteiger partial charge in [0.05, 0.1) is 0 Å². The van der Waals surface area contributed by atoms with Crippen LogP contribution in [0.15, 0.2) is 34.4 Å². The first-order valence-electron chi connectivity index (χ1n) is 8.44. The van der Waals surface area contributed by atoms with Gasteiger partial charge >= 0.3 is 38.5 Å². The molecule has 0 aromatic heterocycles. The summed E-state index contributed by atoms with van der Waals surface area (Å²) in [7, 11) is 0. The van der Waals surface area contributed by atoms with Crippen molar-refractivity contribution in [3.8, 4) is 0 Å². The third-order valence-corrected chi connectivity index (χ3v) is 3.07. The van der Waals surface area contributed by atoms with Crippen LogP contribution >= 0.6 is 0 Å². The standard InChI is InChI=1S/2C9H13.C2H6Si.2ClH.Ti/c2*1-3-4-9-6-5-8(2)7-9;1-3-2;;;/h2*7H,3-5H2,1-2H3;1-2H3;2*1H;/q2*-1;;;;+2/p-2. The van der Waals surface area contributed by atoms with Gasteiger partial charge in [0, 0.05) is 0 Å². The van der Waals surface area contributed by atoms with E-state index in [1.54, 1.807) is 0 Å². The Morgan fingerprint density at radius 3 is 1.33 bits per heavy atom. The molecule has 24 heavy (non-hydrogen) atoms. The molecule has 0 N–H and O–H groups in total. The molecule has 2 rings (SSSR count). The Morgan fingerprint density at radius 1 is 0.875 bits per heavy atom. The van der Waals surface area contributed by atoms with Crippen LogP contribution in [0.25, 0.3) is 0 Å². The van der Waals surface area contributed by atoms with Gasteiger partial charge in [0.25, 0.3) is 0 Å². The Labute approximate surface area is 175 Å². The number of halogens is 2. The number of rotatable bonds is 4. The van der Waals surface area contributed by atoms with Gasteiger partial charge in [-0.25, -0.2) is 23.3 Å². The Bertz CT molecular complexity index is 432. The Kier molecular flexibility index (Phi) is 22.3. The maximum atomic E-state index is 3.33. The molecule has 2 aliphatic rings. The first-order chi connectivity index (χ1) is 10.4. The van der Waals surface area contributed by atoms with Crippen LogP contribution in [0.2, 0.25) is 13.1 Å². The molecule has 0 spiro atoms. The SMILES string of the molecule is CCCC1=[C-]CC(C)=C1.CCCC1=[C-]CC(C)=C1.C[Si](C)=[Ti+2].[Cl-].[Cl-]. The minimum atomic E-state index is 0. The smallest absolute Gasteiger partial charge is 1.00 e. The van der Waals surface area contributed by atoms with Crippen molar-refractivity contribution < 1.29 is 44.0 Å². The molecule has 0 aromatic rings. The molecular weight excluding hydrogens is 387 g/mol. The summed E-state index contributed by atoms with van der Waals surface area (Å²) in [6, 6.07) is 0. The van der Waals surface area contributed by atoms with Gasteiger partial charge in [-0.3, -0.25) is 12.2 Å². The maximum absolute atomic E-state index is 3.33. The molecule has 0 saturated carbocycles. The van der Waals surface area contributed by atoms with Crippen LogP contribution in [0.4, 0.5) is 0 Å². The number of hydrogen-bond donors (Lipinski definition) is 0. The molecule has 0 bridgehead atoms. The van der Waals surface area contributed by atoms with Crippen LogP contribution in [0.3, 0.4) is 0 Å². The Morgan fingerprint density at radius 2 is 1.17 bits per heavy atom. The van der Waals surface area contributed by atoms with Gasteiger partial charge in [-0.1, -0.05) is 53.4 Å². The van der Waals surface area contributed by atoms with Crippen LogP contribution < -0.4 is 24.8 Å². The van der Waals surface area contributed by atoms with E-state index in [0.29, 0.717) is 0 Å². The Hall–Kier alpha value is 0.471. The van der Waals surface area contributed by atoms with Gasteiger partial charge in [-0.15, -0.1) is 12.8 Å². The third kappa shape index (κ3) is 17.3. The molecular formula is C20H32Cl2SiTi-2. The molecule has 0 saturated heterocycles. The molecule has 0 aliphatic heterocycles. The maximum Gasteiger partial charge on any atom is -1.00 e. The van der Waals surface area contributed by atoms with E-state index in [2.05, 4.69) is 84.3 Å². The van der Waals surface area contributed by atoms with Crippen molar-refractivity contribution in [2.75, 3.05) is 0 Å². The van der Waals surface area contributed by atoms with Crippen molar-refractivity contribution in [1.82, 2.24) is 0 Å². The zero-order valence-electron chi connectivity index (χ0n) is 16.2. The van der Waals surface area contributed by atoms with Crippen molar-refractivity contribution in [2.45, 2.75) is 79.3 Å². The molecule has 0 fully saturated rings. The van der Waals surface area contributed by atoms with Gasteiger partial charge < -0.3 is 24.8 Å². The average Bonchev–Trinajstić information content (AvgIpc) is 3.00. The minimum Gasteiger partial charge on any atom is -1.00 e. The molecule has 0 nitrogen and oxygen atoms in total. The zero-order chi connectivity index (χ0) is 17.0. The van der Waals surface area contributed by atoms with Crippen molar-refractivity contribution in [3.05, 3.63) is 46.6 Å². The summed E-state index contributed by atoms with van der Waals surface area (Å²) >= 11 is 2.27. The zero-order valence-corrected chi connectivity index (χ0v) is 20.2. The fraction of sp³-hybridized carbons (Fsp3) is 0.600. The van der Waals surface area contributed by atoms with E-state index < -0.39 is 0 Å². The molecule has 0 amide bonds. The van der Waals surface area contributed by atoms with Gasteiger partial charge in [-0.05, 0) is 0 Å². The normalized spacial score (nSPS) is 14.3. The van der Waals surface area contributed by atoms with E-state index in [-0.39, 0.29) is 31.0 Å².